The van der Waals surface area contributed by atoms with Crippen molar-refractivity contribution in [1.82, 2.24) is 20.3 Å². The topological polar surface area (TPSA) is 63.8 Å². The fraction of sp³-hybridized carbons (Fsp3) is 0.0238. The molecule has 8 aromatic rings. The fourth-order valence-electron chi connectivity index (χ4n) is 6.28. The van der Waals surface area contributed by atoms with Gasteiger partial charge in [0.25, 0.3) is 0 Å². The van der Waals surface area contributed by atoms with Crippen LogP contribution in [0.3, 0.4) is 0 Å². The number of furan rings is 1. The van der Waals surface area contributed by atoms with Gasteiger partial charge in [0.15, 0.2) is 5.82 Å². The van der Waals surface area contributed by atoms with Gasteiger partial charge in [0.2, 0.25) is 5.71 Å². The van der Waals surface area contributed by atoms with Gasteiger partial charge in [0.05, 0.1) is 16.9 Å². The van der Waals surface area contributed by atoms with Crippen molar-refractivity contribution in [3.63, 3.8) is 0 Å². The molecule has 5 aromatic carbocycles. The lowest BCUT2D eigenvalue weighted by Gasteiger charge is -2.12. The summed E-state index contributed by atoms with van der Waals surface area (Å²) < 4.78 is 6.13. The maximum atomic E-state index is 6.13. The van der Waals surface area contributed by atoms with E-state index in [1.54, 1.807) is 0 Å². The monoisotopic (exact) mass is 604 g/mol. The highest BCUT2D eigenvalue weighted by Crippen LogP contribution is 2.35. The average Bonchev–Trinajstić information content (AvgIpc) is 3.51. The Morgan fingerprint density at radius 2 is 1.28 bits per heavy atom. The van der Waals surface area contributed by atoms with Gasteiger partial charge in [-0.25, -0.2) is 15.0 Å². The molecule has 1 aliphatic rings. The number of pyridine rings is 1. The first-order valence-electron chi connectivity index (χ1n) is 15.7. The number of nitrogens with one attached hydrogen (secondary N) is 1. The summed E-state index contributed by atoms with van der Waals surface area (Å²) in [7, 11) is 0. The molecule has 9 rings (SSSR count). The molecule has 222 valence electrons. The first-order valence-corrected chi connectivity index (χ1v) is 15.7. The average molecular weight is 605 g/mol. The number of hydrogen-bond acceptors (Lipinski definition) is 5. The minimum atomic E-state index is 0.661. The molecule has 47 heavy (non-hydrogen) atoms. The zero-order valence-corrected chi connectivity index (χ0v) is 25.4. The summed E-state index contributed by atoms with van der Waals surface area (Å²) in [6.45, 7) is 0.849. The molecule has 5 heteroatoms. The highest BCUT2D eigenvalue weighted by molar-refractivity contribution is 6.08. The van der Waals surface area contributed by atoms with E-state index in [1.807, 2.05) is 42.5 Å². The van der Waals surface area contributed by atoms with E-state index in [0.717, 1.165) is 84.1 Å². The summed E-state index contributed by atoms with van der Waals surface area (Å²) >= 11 is 0. The Morgan fingerprint density at radius 3 is 2.13 bits per heavy atom. The molecule has 1 aliphatic heterocycles. The van der Waals surface area contributed by atoms with Crippen molar-refractivity contribution in [2.24, 2.45) is 0 Å². The van der Waals surface area contributed by atoms with Crippen LogP contribution in [0.25, 0.3) is 83.6 Å². The third-order valence-electron chi connectivity index (χ3n) is 8.72. The predicted molar refractivity (Wildman–Crippen MR) is 191 cm³/mol. The van der Waals surface area contributed by atoms with Gasteiger partial charge >= 0.3 is 0 Å². The Hall–Kier alpha value is -6.33. The van der Waals surface area contributed by atoms with Crippen LogP contribution in [0.2, 0.25) is 0 Å². The van der Waals surface area contributed by atoms with E-state index >= 15 is 0 Å². The van der Waals surface area contributed by atoms with Crippen LogP contribution in [0.15, 0.2) is 156 Å². The molecular formula is C42H28N4O. The van der Waals surface area contributed by atoms with Gasteiger partial charge in [-0.05, 0) is 58.7 Å². The zero-order valence-electron chi connectivity index (χ0n) is 25.4. The van der Waals surface area contributed by atoms with Gasteiger partial charge in [-0.15, -0.1) is 0 Å². The summed E-state index contributed by atoms with van der Waals surface area (Å²) in [5, 5.41) is 6.49. The SMILES string of the molecule is C1=CC(c2cccc(-c3cc(-c4ccc(-c5ccc6oc7nc8ccccc8cc7c6c5)cc4)nc(-c4ccccc4)n3)c2)=CNC1. The van der Waals surface area contributed by atoms with Gasteiger partial charge in [-0.3, -0.25) is 0 Å². The van der Waals surface area contributed by atoms with E-state index in [4.69, 9.17) is 19.4 Å². The number of para-hydroxylation sites is 1. The number of aromatic nitrogens is 3. The van der Waals surface area contributed by atoms with E-state index < -0.39 is 0 Å². The summed E-state index contributed by atoms with van der Waals surface area (Å²) in [5.41, 5.74) is 11.8. The highest BCUT2D eigenvalue weighted by atomic mass is 16.3. The molecule has 5 nitrogen and oxygen atoms in total. The van der Waals surface area contributed by atoms with E-state index in [-0.39, 0.29) is 0 Å². The van der Waals surface area contributed by atoms with Crippen molar-refractivity contribution in [1.29, 1.82) is 0 Å². The Morgan fingerprint density at radius 1 is 0.532 bits per heavy atom. The van der Waals surface area contributed by atoms with Crippen molar-refractivity contribution < 1.29 is 4.42 Å². The highest BCUT2D eigenvalue weighted by Gasteiger charge is 2.14. The molecule has 0 saturated heterocycles. The Kier molecular flexibility index (Phi) is 6.46. The van der Waals surface area contributed by atoms with Crippen LogP contribution in [0.4, 0.5) is 0 Å². The van der Waals surface area contributed by atoms with Crippen LogP contribution in [0.5, 0.6) is 0 Å². The molecule has 0 atom stereocenters. The molecule has 1 N–H and O–H groups in total. The van der Waals surface area contributed by atoms with Crippen LogP contribution in [-0.4, -0.2) is 21.5 Å². The molecule has 0 unspecified atom stereocenters. The van der Waals surface area contributed by atoms with Gasteiger partial charge in [0.1, 0.15) is 5.58 Å². The largest absolute Gasteiger partial charge is 0.438 e. The maximum absolute atomic E-state index is 6.13. The first kappa shape index (κ1) is 27.0. The second-order valence-electron chi connectivity index (χ2n) is 11.7. The van der Waals surface area contributed by atoms with Gasteiger partial charge < -0.3 is 9.73 Å². The van der Waals surface area contributed by atoms with Crippen molar-refractivity contribution in [2.45, 2.75) is 0 Å². The lowest BCUT2D eigenvalue weighted by atomic mass is 9.99. The van der Waals surface area contributed by atoms with E-state index in [9.17, 15) is 0 Å². The van der Waals surface area contributed by atoms with E-state index in [2.05, 4.69) is 115 Å². The van der Waals surface area contributed by atoms with E-state index in [0.29, 0.717) is 11.5 Å². The summed E-state index contributed by atoms with van der Waals surface area (Å²) in [6, 6.07) is 46.0. The van der Waals surface area contributed by atoms with Crippen LogP contribution in [0, 0.1) is 0 Å². The molecule has 0 amide bonds. The number of dihydropyridines is 1. The van der Waals surface area contributed by atoms with Crippen LogP contribution < -0.4 is 5.32 Å². The number of fused-ring (bicyclic) bond motifs is 4. The smallest absolute Gasteiger partial charge is 0.227 e. The molecule has 4 heterocycles. The molecule has 0 aliphatic carbocycles. The summed E-state index contributed by atoms with van der Waals surface area (Å²) in [6.07, 6.45) is 6.35. The quantitative estimate of drug-likeness (QED) is 0.212. The van der Waals surface area contributed by atoms with Gasteiger partial charge in [-0.2, -0.15) is 0 Å². The molecule has 0 saturated carbocycles. The lowest BCUT2D eigenvalue weighted by Crippen LogP contribution is -2.08. The number of rotatable bonds is 5. The molecule has 0 spiro atoms. The minimum Gasteiger partial charge on any atom is -0.438 e. The maximum Gasteiger partial charge on any atom is 0.227 e. The second kappa shape index (κ2) is 11.2. The van der Waals surface area contributed by atoms with E-state index in [1.165, 1.54) is 0 Å². The lowest BCUT2D eigenvalue weighted by molar-refractivity contribution is 0.656. The first-order chi connectivity index (χ1) is 23.2. The summed E-state index contributed by atoms with van der Waals surface area (Å²) in [5.74, 6) is 0.699. The predicted octanol–water partition coefficient (Wildman–Crippen LogP) is 10.1. The number of hydrogen-bond donors (Lipinski definition) is 1. The Bertz CT molecular complexity index is 2510. The molecule has 0 fully saturated rings. The van der Waals surface area contributed by atoms with Crippen molar-refractivity contribution in [2.75, 3.05) is 6.54 Å². The zero-order chi connectivity index (χ0) is 31.2. The minimum absolute atomic E-state index is 0.661. The number of benzene rings is 5. The Balaban J connectivity index is 1.11. The van der Waals surface area contributed by atoms with Crippen molar-refractivity contribution in [3.05, 3.63) is 157 Å². The molecule has 3 aromatic heterocycles. The molecule has 0 radical (unpaired) electrons. The number of allylic oxidation sites excluding steroid dienone is 2. The third kappa shape index (κ3) is 5.04. The second-order valence-corrected chi connectivity index (χ2v) is 11.7. The van der Waals surface area contributed by atoms with Crippen molar-refractivity contribution >= 4 is 38.5 Å². The third-order valence-corrected chi connectivity index (χ3v) is 8.72. The van der Waals surface area contributed by atoms with Crippen molar-refractivity contribution in [3.8, 4) is 45.0 Å². The van der Waals surface area contributed by atoms with Crippen LogP contribution in [-0.2, 0) is 0 Å². The van der Waals surface area contributed by atoms with Crippen LogP contribution >= 0.6 is 0 Å². The normalized spacial score (nSPS) is 12.8. The number of nitrogens with zero attached hydrogens (tertiary/aromatic N) is 3. The standard InChI is InChI=1S/C42H28N4O/c1-2-8-29(9-3-1)41-44-38(25-39(45-41)32-12-6-11-30(22-32)34-13-7-21-43-26-34)28-17-15-27(16-18-28)31-19-20-40-35(23-31)36-24-33-10-4-5-14-37(33)46-42(36)47-40/h1-20,22-26,43H,21H2. The summed E-state index contributed by atoms with van der Waals surface area (Å²) in [4.78, 5) is 14.8. The molecular weight excluding hydrogens is 576 g/mol. The van der Waals surface area contributed by atoms with Crippen LogP contribution in [0.1, 0.15) is 5.56 Å². The van der Waals surface area contributed by atoms with Gasteiger partial charge in [0, 0.05) is 45.6 Å². The molecule has 0 bridgehead atoms. The fourth-order valence-corrected chi connectivity index (χ4v) is 6.28. The Labute approximate surface area is 271 Å². The van der Waals surface area contributed by atoms with Gasteiger partial charge in [-0.1, -0.05) is 109 Å².